The van der Waals surface area contributed by atoms with E-state index in [-0.39, 0.29) is 0 Å². The lowest BCUT2D eigenvalue weighted by molar-refractivity contribution is 1.44. The molecule has 0 amide bonds. The first kappa shape index (κ1) is 9.01. The van der Waals surface area contributed by atoms with E-state index in [0.29, 0.717) is 0 Å². The van der Waals surface area contributed by atoms with Crippen molar-refractivity contribution in [3.05, 3.63) is 30.3 Å². The van der Waals surface area contributed by atoms with Crippen LogP contribution in [0.1, 0.15) is 0 Å². The zero-order valence-electron chi connectivity index (χ0n) is 6.62. The van der Waals surface area contributed by atoms with Crippen LogP contribution in [0.3, 0.4) is 0 Å². The topological polar surface area (TPSA) is 0 Å². The van der Waals surface area contributed by atoms with Gasteiger partial charge in [0.2, 0.25) is 0 Å². The first-order valence-electron chi connectivity index (χ1n) is 3.60. The van der Waals surface area contributed by atoms with E-state index in [1.54, 1.807) is 0 Å². The Morgan fingerprint density at radius 3 is 2.45 bits per heavy atom. The van der Waals surface area contributed by atoms with E-state index in [9.17, 15) is 0 Å². The molecule has 60 valence electrons. The first-order valence-corrected chi connectivity index (χ1v) is 5.98. The minimum Gasteiger partial charge on any atom is -0.165 e. The number of thioether (sulfide) groups is 2. The maximum Gasteiger partial charge on any atom is 0.00722 e. The maximum atomic E-state index is 2.16. The maximum absolute atomic E-state index is 2.16. The van der Waals surface area contributed by atoms with Crippen LogP contribution in [-0.4, -0.2) is 17.8 Å². The molecule has 1 rings (SSSR count). The summed E-state index contributed by atoms with van der Waals surface area (Å²) in [5.74, 6) is 2.45. The summed E-state index contributed by atoms with van der Waals surface area (Å²) in [5, 5.41) is 0. The summed E-state index contributed by atoms with van der Waals surface area (Å²) in [6.45, 7) is 0. The first-order chi connectivity index (χ1) is 5.43. The second kappa shape index (κ2) is 5.56. The molecule has 0 aliphatic carbocycles. The third-order valence-corrected chi connectivity index (χ3v) is 3.18. The molecule has 0 saturated heterocycles. The smallest absolute Gasteiger partial charge is 0.00722 e. The van der Waals surface area contributed by atoms with Crippen LogP contribution < -0.4 is 0 Å². The van der Waals surface area contributed by atoms with Gasteiger partial charge in [0.1, 0.15) is 0 Å². The Morgan fingerprint density at radius 1 is 1.09 bits per heavy atom. The molecule has 0 aliphatic heterocycles. The molecular formula is C9H12S2. The van der Waals surface area contributed by atoms with Gasteiger partial charge in [0.05, 0.1) is 0 Å². The fraction of sp³-hybridized carbons (Fsp3) is 0.333. The number of hydrogen-bond acceptors (Lipinski definition) is 2. The SMILES string of the molecule is CSCCSc1ccccc1. The summed E-state index contributed by atoms with van der Waals surface area (Å²) < 4.78 is 0. The monoisotopic (exact) mass is 184 g/mol. The van der Waals surface area contributed by atoms with Gasteiger partial charge in [-0.15, -0.1) is 11.8 Å². The lowest BCUT2D eigenvalue weighted by atomic mass is 10.4. The number of hydrogen-bond donors (Lipinski definition) is 0. The highest BCUT2D eigenvalue weighted by Crippen LogP contribution is 2.17. The second-order valence-corrected chi connectivity index (χ2v) is 4.31. The lowest BCUT2D eigenvalue weighted by Crippen LogP contribution is -1.81. The number of benzene rings is 1. The predicted octanol–water partition coefficient (Wildman–Crippen LogP) is 3.14. The fourth-order valence-electron chi connectivity index (χ4n) is 0.760. The highest BCUT2D eigenvalue weighted by Gasteiger charge is 1.89. The van der Waals surface area contributed by atoms with Crippen molar-refractivity contribution in [3.63, 3.8) is 0 Å². The Balaban J connectivity index is 2.28. The summed E-state index contributed by atoms with van der Waals surface area (Å²) in [7, 11) is 0. The van der Waals surface area contributed by atoms with E-state index in [1.807, 2.05) is 23.5 Å². The highest BCUT2D eigenvalue weighted by molar-refractivity contribution is 8.02. The Labute approximate surface area is 76.8 Å². The molecule has 0 aliphatic rings. The van der Waals surface area contributed by atoms with Crippen LogP contribution >= 0.6 is 23.5 Å². The molecular weight excluding hydrogens is 172 g/mol. The summed E-state index contributed by atoms with van der Waals surface area (Å²) in [4.78, 5) is 1.38. The van der Waals surface area contributed by atoms with Crippen LogP contribution in [-0.2, 0) is 0 Å². The van der Waals surface area contributed by atoms with E-state index < -0.39 is 0 Å². The summed E-state index contributed by atoms with van der Waals surface area (Å²) >= 11 is 3.82. The van der Waals surface area contributed by atoms with E-state index in [2.05, 4.69) is 36.6 Å². The van der Waals surface area contributed by atoms with E-state index in [1.165, 1.54) is 16.4 Å². The molecule has 0 fully saturated rings. The van der Waals surface area contributed by atoms with Crippen molar-refractivity contribution in [1.82, 2.24) is 0 Å². The third-order valence-electron chi connectivity index (χ3n) is 1.30. The minimum atomic E-state index is 1.21. The van der Waals surface area contributed by atoms with Gasteiger partial charge < -0.3 is 0 Å². The van der Waals surface area contributed by atoms with Gasteiger partial charge in [-0.25, -0.2) is 0 Å². The predicted molar refractivity (Wildman–Crippen MR) is 55.5 cm³/mol. The van der Waals surface area contributed by atoms with Gasteiger partial charge in [0.25, 0.3) is 0 Å². The Kier molecular flexibility index (Phi) is 4.55. The van der Waals surface area contributed by atoms with E-state index in [0.717, 1.165) is 0 Å². The normalized spacial score (nSPS) is 9.91. The molecule has 11 heavy (non-hydrogen) atoms. The van der Waals surface area contributed by atoms with Gasteiger partial charge in [0.15, 0.2) is 0 Å². The quantitative estimate of drug-likeness (QED) is 0.521. The van der Waals surface area contributed by atoms with Gasteiger partial charge in [-0.1, -0.05) is 18.2 Å². The average Bonchev–Trinajstić information content (AvgIpc) is 2.07. The van der Waals surface area contributed by atoms with Gasteiger partial charge in [0, 0.05) is 16.4 Å². The van der Waals surface area contributed by atoms with Crippen LogP contribution in [0.4, 0.5) is 0 Å². The molecule has 0 unspecified atom stereocenters. The van der Waals surface area contributed by atoms with Gasteiger partial charge in [-0.05, 0) is 18.4 Å². The summed E-state index contributed by atoms with van der Waals surface area (Å²) in [6.07, 6.45) is 2.14. The average molecular weight is 184 g/mol. The Bertz CT molecular complexity index is 184. The van der Waals surface area contributed by atoms with Crippen molar-refractivity contribution in [2.24, 2.45) is 0 Å². The lowest BCUT2D eigenvalue weighted by Gasteiger charge is -1.97. The second-order valence-electron chi connectivity index (χ2n) is 2.15. The van der Waals surface area contributed by atoms with Crippen molar-refractivity contribution >= 4 is 23.5 Å². The van der Waals surface area contributed by atoms with Gasteiger partial charge in [-0.2, -0.15) is 11.8 Å². The summed E-state index contributed by atoms with van der Waals surface area (Å²) in [6, 6.07) is 10.5. The summed E-state index contributed by atoms with van der Waals surface area (Å²) in [5.41, 5.74) is 0. The van der Waals surface area contributed by atoms with Crippen molar-refractivity contribution in [3.8, 4) is 0 Å². The van der Waals surface area contributed by atoms with Crippen LogP contribution in [0.15, 0.2) is 35.2 Å². The standard InChI is InChI=1S/C9H12S2/c1-10-7-8-11-9-5-3-2-4-6-9/h2-6H,7-8H2,1H3. The molecule has 0 aromatic heterocycles. The fourth-order valence-corrected chi connectivity index (χ4v) is 2.34. The zero-order valence-corrected chi connectivity index (χ0v) is 8.25. The number of rotatable bonds is 4. The Hall–Kier alpha value is -0.0800. The third kappa shape index (κ3) is 3.73. The minimum absolute atomic E-state index is 1.21. The molecule has 2 heteroatoms. The Morgan fingerprint density at radius 2 is 1.82 bits per heavy atom. The molecule has 1 aromatic carbocycles. The molecule has 0 nitrogen and oxygen atoms in total. The van der Waals surface area contributed by atoms with Crippen LogP contribution in [0.5, 0.6) is 0 Å². The molecule has 0 spiro atoms. The van der Waals surface area contributed by atoms with E-state index in [4.69, 9.17) is 0 Å². The van der Waals surface area contributed by atoms with Crippen LogP contribution in [0.25, 0.3) is 0 Å². The zero-order chi connectivity index (χ0) is 7.94. The van der Waals surface area contributed by atoms with Crippen molar-refractivity contribution in [2.45, 2.75) is 4.90 Å². The molecule has 0 radical (unpaired) electrons. The molecule has 0 N–H and O–H groups in total. The largest absolute Gasteiger partial charge is 0.165 e. The molecule has 0 atom stereocenters. The van der Waals surface area contributed by atoms with E-state index >= 15 is 0 Å². The molecule has 1 aromatic rings. The molecule has 0 bridgehead atoms. The molecule has 0 heterocycles. The van der Waals surface area contributed by atoms with Crippen molar-refractivity contribution < 1.29 is 0 Å². The van der Waals surface area contributed by atoms with Gasteiger partial charge in [-0.3, -0.25) is 0 Å². The van der Waals surface area contributed by atoms with Crippen molar-refractivity contribution in [2.75, 3.05) is 17.8 Å². The van der Waals surface area contributed by atoms with Crippen LogP contribution in [0.2, 0.25) is 0 Å². The van der Waals surface area contributed by atoms with Gasteiger partial charge >= 0.3 is 0 Å². The van der Waals surface area contributed by atoms with Crippen molar-refractivity contribution in [1.29, 1.82) is 0 Å². The molecule has 0 saturated carbocycles. The van der Waals surface area contributed by atoms with Crippen LogP contribution in [0, 0.1) is 0 Å². The highest BCUT2D eigenvalue weighted by atomic mass is 32.2.